The minimum absolute atomic E-state index is 0.00181. The van der Waals surface area contributed by atoms with E-state index in [1.165, 1.54) is 29.3 Å². The zero-order chi connectivity index (χ0) is 20.3. The van der Waals surface area contributed by atoms with Crippen LogP contribution in [0.2, 0.25) is 0 Å². The Morgan fingerprint density at radius 3 is 2.61 bits per heavy atom. The van der Waals surface area contributed by atoms with Crippen LogP contribution in [0.25, 0.3) is 0 Å². The van der Waals surface area contributed by atoms with Crippen molar-refractivity contribution in [1.29, 1.82) is 5.26 Å². The van der Waals surface area contributed by atoms with Gasteiger partial charge in [-0.3, -0.25) is 19.7 Å². The molecule has 2 aromatic rings. The molecule has 1 unspecified atom stereocenters. The van der Waals surface area contributed by atoms with Crippen molar-refractivity contribution < 1.29 is 14.5 Å². The molecule has 0 radical (unpaired) electrons. The first-order valence-corrected chi connectivity index (χ1v) is 8.27. The van der Waals surface area contributed by atoms with Gasteiger partial charge in [-0.25, -0.2) is 0 Å². The first kappa shape index (κ1) is 18.7. The fourth-order valence-corrected chi connectivity index (χ4v) is 2.77. The van der Waals surface area contributed by atoms with Crippen LogP contribution in [0, 0.1) is 27.4 Å². The van der Waals surface area contributed by atoms with Crippen LogP contribution in [0.15, 0.2) is 71.3 Å². The van der Waals surface area contributed by atoms with Crippen LogP contribution < -0.4 is 5.01 Å². The molecule has 1 heterocycles. The second-order valence-corrected chi connectivity index (χ2v) is 6.03. The smallest absolute Gasteiger partial charge is 0.270 e. The van der Waals surface area contributed by atoms with E-state index in [2.05, 4.69) is 5.10 Å². The van der Waals surface area contributed by atoms with Crippen LogP contribution in [0.1, 0.15) is 17.3 Å². The number of hydrogen-bond donors (Lipinski definition) is 0. The second kappa shape index (κ2) is 7.63. The van der Waals surface area contributed by atoms with Crippen LogP contribution >= 0.6 is 0 Å². The molecule has 2 aromatic carbocycles. The van der Waals surface area contributed by atoms with Crippen molar-refractivity contribution in [3.05, 3.63) is 81.9 Å². The number of ketones is 1. The third-order valence-electron chi connectivity index (χ3n) is 4.20. The summed E-state index contributed by atoms with van der Waals surface area (Å²) in [6.07, 6.45) is 1.26. The average Bonchev–Trinajstić information content (AvgIpc) is 3.00. The number of amides is 1. The summed E-state index contributed by atoms with van der Waals surface area (Å²) in [4.78, 5) is 35.6. The number of nitrogens with zero attached hydrogens (tertiary/aromatic N) is 4. The Morgan fingerprint density at radius 2 is 1.96 bits per heavy atom. The molecule has 0 aliphatic carbocycles. The molecule has 1 aliphatic rings. The summed E-state index contributed by atoms with van der Waals surface area (Å²) in [5.41, 5.74) is 0.484. The largest absolute Gasteiger partial charge is 0.288 e. The predicted octanol–water partition coefficient (Wildman–Crippen LogP) is 3.27. The molecule has 1 amide bonds. The summed E-state index contributed by atoms with van der Waals surface area (Å²) in [7, 11) is 0. The Balaban J connectivity index is 1.91. The van der Waals surface area contributed by atoms with Crippen LogP contribution in [-0.4, -0.2) is 22.3 Å². The number of carbonyl (C=O) groups is 2. The van der Waals surface area contributed by atoms with Gasteiger partial charge >= 0.3 is 0 Å². The number of allylic oxidation sites excluding steroid dienone is 1. The van der Waals surface area contributed by atoms with Gasteiger partial charge in [0.15, 0.2) is 0 Å². The molecule has 1 aliphatic heterocycles. The number of hydrogen-bond acceptors (Lipinski definition) is 6. The van der Waals surface area contributed by atoms with Gasteiger partial charge in [0.25, 0.3) is 11.6 Å². The molecule has 0 spiro atoms. The first-order chi connectivity index (χ1) is 13.4. The van der Waals surface area contributed by atoms with Crippen molar-refractivity contribution in [1.82, 2.24) is 0 Å². The highest BCUT2D eigenvalue weighted by atomic mass is 16.6. The normalized spacial score (nSPS) is 16.5. The number of para-hydroxylation sites is 1. The summed E-state index contributed by atoms with van der Waals surface area (Å²) < 4.78 is 0. The summed E-state index contributed by atoms with van der Waals surface area (Å²) in [5, 5.41) is 25.8. The average molecular weight is 374 g/mol. The van der Waals surface area contributed by atoms with E-state index in [4.69, 9.17) is 0 Å². The van der Waals surface area contributed by atoms with Gasteiger partial charge in [0.2, 0.25) is 5.78 Å². The lowest BCUT2D eigenvalue weighted by atomic mass is 9.96. The van der Waals surface area contributed by atoms with E-state index in [1.807, 2.05) is 6.07 Å². The number of benzene rings is 2. The van der Waals surface area contributed by atoms with E-state index >= 15 is 0 Å². The molecule has 1 atom stereocenters. The third-order valence-corrected chi connectivity index (χ3v) is 4.20. The van der Waals surface area contributed by atoms with Crippen molar-refractivity contribution in [3.8, 4) is 6.07 Å². The van der Waals surface area contributed by atoms with Gasteiger partial charge in [-0.1, -0.05) is 30.3 Å². The topological polar surface area (TPSA) is 117 Å². The molecular formula is C20H14N4O4. The van der Waals surface area contributed by atoms with Gasteiger partial charge in [-0.05, 0) is 25.1 Å². The van der Waals surface area contributed by atoms with Gasteiger partial charge in [-0.2, -0.15) is 15.4 Å². The van der Waals surface area contributed by atoms with Crippen molar-refractivity contribution in [3.63, 3.8) is 0 Å². The molecule has 28 heavy (non-hydrogen) atoms. The van der Waals surface area contributed by atoms with Gasteiger partial charge in [-0.15, -0.1) is 0 Å². The summed E-state index contributed by atoms with van der Waals surface area (Å²) in [6.45, 7) is 1.63. The maximum atomic E-state index is 12.7. The van der Waals surface area contributed by atoms with E-state index in [-0.39, 0.29) is 22.7 Å². The lowest BCUT2D eigenvalue weighted by Gasteiger charge is -2.12. The van der Waals surface area contributed by atoms with Crippen LogP contribution in [-0.2, 0) is 4.79 Å². The number of nitriles is 1. The van der Waals surface area contributed by atoms with Crippen molar-refractivity contribution in [2.75, 3.05) is 5.01 Å². The van der Waals surface area contributed by atoms with E-state index in [9.17, 15) is 25.0 Å². The Morgan fingerprint density at radius 1 is 1.25 bits per heavy atom. The quantitative estimate of drug-likeness (QED) is 0.262. The SMILES string of the molecule is CC1=NN(c2ccccc2)C(=O)C1/C=C(/C#N)C(=O)c1cccc([N+](=O)[O-])c1. The maximum absolute atomic E-state index is 12.7. The molecule has 0 N–H and O–H groups in total. The number of Topliss-reactive ketones (excluding diaryl/α,β-unsaturated/α-hetero) is 1. The monoisotopic (exact) mass is 374 g/mol. The van der Waals surface area contributed by atoms with Gasteiger partial charge in [0.05, 0.1) is 27.8 Å². The van der Waals surface area contributed by atoms with Crippen LogP contribution in [0.5, 0.6) is 0 Å². The second-order valence-electron chi connectivity index (χ2n) is 6.03. The highest BCUT2D eigenvalue weighted by Crippen LogP contribution is 2.26. The lowest BCUT2D eigenvalue weighted by Crippen LogP contribution is -2.26. The first-order valence-electron chi connectivity index (χ1n) is 8.27. The summed E-state index contributed by atoms with van der Waals surface area (Å²) in [6, 6.07) is 15.7. The number of nitro benzene ring substituents is 1. The molecule has 138 valence electrons. The number of hydrazone groups is 1. The highest BCUT2D eigenvalue weighted by Gasteiger charge is 2.34. The molecule has 0 saturated heterocycles. The van der Waals surface area contributed by atoms with Crippen LogP contribution in [0.4, 0.5) is 11.4 Å². The van der Waals surface area contributed by atoms with Crippen molar-refractivity contribution >= 4 is 28.8 Å². The molecule has 0 aromatic heterocycles. The number of rotatable bonds is 5. The number of carbonyl (C=O) groups excluding carboxylic acids is 2. The standard InChI is InChI=1S/C20H14N4O4/c1-13-18(20(26)23(22-13)16-7-3-2-4-8-16)11-15(12-21)19(25)14-6-5-9-17(10-14)24(27)28/h2-11,18H,1H3/b15-11-. The van der Waals surface area contributed by atoms with Crippen molar-refractivity contribution in [2.24, 2.45) is 11.0 Å². The minimum Gasteiger partial charge on any atom is -0.288 e. The Bertz CT molecular complexity index is 1070. The highest BCUT2D eigenvalue weighted by molar-refractivity contribution is 6.18. The minimum atomic E-state index is -0.863. The Kier molecular flexibility index (Phi) is 5.09. The Labute approximate surface area is 160 Å². The number of anilines is 1. The molecule has 0 bridgehead atoms. The number of non-ortho nitro benzene ring substituents is 1. The number of nitro groups is 1. The molecule has 0 saturated carbocycles. The van der Waals surface area contributed by atoms with Gasteiger partial charge in [0.1, 0.15) is 6.07 Å². The maximum Gasteiger partial charge on any atom is 0.270 e. The van der Waals surface area contributed by atoms with E-state index in [0.717, 1.165) is 6.07 Å². The Hall–Kier alpha value is -4.12. The third kappa shape index (κ3) is 3.54. The van der Waals surface area contributed by atoms with E-state index in [1.54, 1.807) is 37.3 Å². The zero-order valence-corrected chi connectivity index (χ0v) is 14.8. The summed E-state index contributed by atoms with van der Waals surface area (Å²) in [5.74, 6) is -1.94. The predicted molar refractivity (Wildman–Crippen MR) is 102 cm³/mol. The molecule has 8 heteroatoms. The molecule has 0 fully saturated rings. The zero-order valence-electron chi connectivity index (χ0n) is 14.8. The fraction of sp³-hybridized carbons (Fsp3) is 0.100. The van der Waals surface area contributed by atoms with Gasteiger partial charge < -0.3 is 0 Å². The molecule has 8 nitrogen and oxygen atoms in total. The molecular weight excluding hydrogens is 360 g/mol. The van der Waals surface area contributed by atoms with E-state index in [0.29, 0.717) is 11.4 Å². The molecule has 3 rings (SSSR count). The van der Waals surface area contributed by atoms with Crippen LogP contribution in [0.3, 0.4) is 0 Å². The lowest BCUT2D eigenvalue weighted by molar-refractivity contribution is -0.384. The summed E-state index contributed by atoms with van der Waals surface area (Å²) >= 11 is 0. The van der Waals surface area contributed by atoms with E-state index < -0.39 is 16.6 Å². The van der Waals surface area contributed by atoms with Crippen molar-refractivity contribution in [2.45, 2.75) is 6.92 Å². The van der Waals surface area contributed by atoms with Gasteiger partial charge in [0, 0.05) is 17.7 Å². The fourth-order valence-electron chi connectivity index (χ4n) is 2.77.